The largest absolute Gasteiger partial charge is 0.439 e. The van der Waals surface area contributed by atoms with E-state index < -0.39 is 10.0 Å². The third-order valence-electron chi connectivity index (χ3n) is 5.43. The molecule has 3 heterocycles. The van der Waals surface area contributed by atoms with Crippen molar-refractivity contribution in [2.24, 2.45) is 0 Å². The summed E-state index contributed by atoms with van der Waals surface area (Å²) in [4.78, 5) is 23.3. The van der Waals surface area contributed by atoms with Crippen LogP contribution in [0.2, 0.25) is 0 Å². The Balaban J connectivity index is 1.24. The van der Waals surface area contributed by atoms with Crippen LogP contribution >= 0.6 is 0 Å². The molecule has 0 unspecified atom stereocenters. The number of H-pyrrole nitrogens is 2. The Morgan fingerprint density at radius 1 is 0.968 bits per heavy atom. The van der Waals surface area contributed by atoms with Crippen LogP contribution in [-0.4, -0.2) is 58.8 Å². The van der Waals surface area contributed by atoms with Gasteiger partial charge in [0, 0.05) is 31.7 Å². The highest BCUT2D eigenvalue weighted by Crippen LogP contribution is 2.23. The summed E-state index contributed by atoms with van der Waals surface area (Å²) in [5, 5.41) is 0. The van der Waals surface area contributed by atoms with Gasteiger partial charge in [-0.05, 0) is 18.2 Å². The lowest BCUT2D eigenvalue weighted by atomic mass is 10.2. The molecule has 2 aromatic carbocycles. The molecule has 0 aliphatic carbocycles. The number of nitrogens with one attached hydrogen (secondary N) is 2. The van der Waals surface area contributed by atoms with E-state index in [0.29, 0.717) is 49.6 Å². The summed E-state index contributed by atoms with van der Waals surface area (Å²) >= 11 is 0. The van der Waals surface area contributed by atoms with Crippen LogP contribution in [-0.2, 0) is 16.6 Å². The number of rotatable bonds is 5. The summed E-state index contributed by atoms with van der Waals surface area (Å²) in [7, 11) is -3.64. The molecule has 31 heavy (non-hydrogen) atoms. The van der Waals surface area contributed by atoms with E-state index in [2.05, 4.69) is 19.9 Å². The van der Waals surface area contributed by atoms with E-state index in [4.69, 9.17) is 4.42 Å². The van der Waals surface area contributed by atoms with Gasteiger partial charge in [0.2, 0.25) is 15.9 Å². The van der Waals surface area contributed by atoms with Crippen molar-refractivity contribution in [2.75, 3.05) is 26.2 Å². The summed E-state index contributed by atoms with van der Waals surface area (Å²) in [5.74, 6) is 1.33. The summed E-state index contributed by atoms with van der Waals surface area (Å²) in [6, 6.07) is 14.4. The molecule has 1 saturated heterocycles. The van der Waals surface area contributed by atoms with Gasteiger partial charge < -0.3 is 14.4 Å². The third-order valence-corrected chi connectivity index (χ3v) is 7.32. The number of imidazole rings is 1. The van der Waals surface area contributed by atoms with Crippen LogP contribution in [0.15, 0.2) is 68.8 Å². The van der Waals surface area contributed by atoms with Crippen LogP contribution in [0.4, 0.5) is 0 Å². The van der Waals surface area contributed by atoms with Gasteiger partial charge in [-0.2, -0.15) is 4.31 Å². The van der Waals surface area contributed by atoms with Gasteiger partial charge in [0.05, 0.1) is 28.7 Å². The number of hydrogen-bond acceptors (Lipinski definition) is 6. The molecule has 4 aromatic rings. The topological polar surface area (TPSA) is 115 Å². The molecule has 1 fully saturated rings. The Bertz CT molecular complexity index is 1370. The van der Waals surface area contributed by atoms with E-state index in [1.54, 1.807) is 12.3 Å². The molecule has 0 amide bonds. The van der Waals surface area contributed by atoms with Gasteiger partial charge in [0.25, 0.3) is 0 Å². The number of aromatic nitrogens is 3. The second kappa shape index (κ2) is 7.80. The highest BCUT2D eigenvalue weighted by atomic mass is 32.2. The molecule has 1 aliphatic rings. The highest BCUT2D eigenvalue weighted by molar-refractivity contribution is 7.89. The maximum absolute atomic E-state index is 13.0. The zero-order chi connectivity index (χ0) is 21.4. The van der Waals surface area contributed by atoms with E-state index in [9.17, 15) is 13.2 Å². The predicted molar refractivity (Wildman–Crippen MR) is 115 cm³/mol. The first-order chi connectivity index (χ1) is 15.0. The van der Waals surface area contributed by atoms with Crippen molar-refractivity contribution in [3.05, 3.63) is 71.1 Å². The summed E-state index contributed by atoms with van der Waals surface area (Å²) in [6.07, 6.45) is 1.72. The molecule has 10 heteroatoms. The number of piperazine rings is 1. The third kappa shape index (κ3) is 3.92. The van der Waals surface area contributed by atoms with Crippen LogP contribution in [0.25, 0.3) is 22.4 Å². The second-order valence-electron chi connectivity index (χ2n) is 7.45. The number of hydrogen-bond donors (Lipinski definition) is 2. The first-order valence-corrected chi connectivity index (χ1v) is 11.4. The summed E-state index contributed by atoms with van der Waals surface area (Å²) < 4.78 is 33.4. The van der Waals surface area contributed by atoms with E-state index >= 15 is 0 Å². The first-order valence-electron chi connectivity index (χ1n) is 9.94. The lowest BCUT2D eigenvalue weighted by Crippen LogP contribution is -2.48. The molecule has 1 aliphatic heterocycles. The number of aromatic amines is 2. The molecule has 0 saturated carbocycles. The number of sulfonamides is 1. The Kier molecular flexibility index (Phi) is 4.97. The molecule has 2 N–H and O–H groups in total. The van der Waals surface area contributed by atoms with Crippen LogP contribution in [0.3, 0.4) is 0 Å². The Morgan fingerprint density at radius 2 is 1.71 bits per heavy atom. The maximum atomic E-state index is 13.0. The SMILES string of the molecule is O=c1[nH]c2ccc(S(=O)(=O)N3CCN(Cc4ncc(-c5ccccc5)o4)CC3)cc2[nH]1. The van der Waals surface area contributed by atoms with E-state index in [1.165, 1.54) is 16.4 Å². The molecule has 0 atom stereocenters. The second-order valence-corrected chi connectivity index (χ2v) is 9.39. The minimum Gasteiger partial charge on any atom is -0.439 e. The van der Waals surface area contributed by atoms with Crippen molar-refractivity contribution < 1.29 is 12.8 Å². The van der Waals surface area contributed by atoms with E-state index in [0.717, 1.165) is 11.3 Å². The van der Waals surface area contributed by atoms with Crippen LogP contribution in [0.1, 0.15) is 5.89 Å². The lowest BCUT2D eigenvalue weighted by molar-refractivity contribution is 0.169. The van der Waals surface area contributed by atoms with Gasteiger partial charge in [-0.15, -0.1) is 0 Å². The molecule has 0 bridgehead atoms. The minimum absolute atomic E-state index is 0.170. The maximum Gasteiger partial charge on any atom is 0.323 e. The molecule has 5 rings (SSSR count). The van der Waals surface area contributed by atoms with Crippen molar-refractivity contribution in [1.82, 2.24) is 24.2 Å². The molecule has 0 radical (unpaired) electrons. The van der Waals surface area contributed by atoms with Gasteiger partial charge in [0.15, 0.2) is 5.76 Å². The standard InChI is InChI=1S/C21H21N5O4S/c27-21-23-17-7-6-16(12-18(17)24-21)31(28,29)26-10-8-25(9-11-26)14-20-22-13-19(30-20)15-4-2-1-3-5-15/h1-7,12-13H,8-11,14H2,(H2,23,24,27). The van der Waals surface area contributed by atoms with Crippen molar-refractivity contribution >= 4 is 21.1 Å². The Labute approximate surface area is 178 Å². The van der Waals surface area contributed by atoms with Crippen LogP contribution in [0, 0.1) is 0 Å². The van der Waals surface area contributed by atoms with E-state index in [-0.39, 0.29) is 10.6 Å². The average Bonchev–Trinajstić information content (AvgIpc) is 3.39. The summed E-state index contributed by atoms with van der Waals surface area (Å²) in [5.41, 5.74) is 1.66. The number of oxazole rings is 1. The fourth-order valence-corrected chi connectivity index (χ4v) is 5.21. The highest BCUT2D eigenvalue weighted by Gasteiger charge is 2.29. The zero-order valence-electron chi connectivity index (χ0n) is 16.6. The zero-order valence-corrected chi connectivity index (χ0v) is 17.4. The lowest BCUT2D eigenvalue weighted by Gasteiger charge is -2.33. The van der Waals surface area contributed by atoms with Crippen molar-refractivity contribution in [3.8, 4) is 11.3 Å². The van der Waals surface area contributed by atoms with Gasteiger partial charge in [-0.3, -0.25) is 4.90 Å². The monoisotopic (exact) mass is 439 g/mol. The van der Waals surface area contributed by atoms with Crippen LogP contribution < -0.4 is 5.69 Å². The summed E-state index contributed by atoms with van der Waals surface area (Å²) in [6.45, 7) is 2.42. The minimum atomic E-state index is -3.64. The molecular formula is C21H21N5O4S. The van der Waals surface area contributed by atoms with Crippen LogP contribution in [0.5, 0.6) is 0 Å². The molecule has 9 nitrogen and oxygen atoms in total. The van der Waals surface area contributed by atoms with Crippen molar-refractivity contribution in [1.29, 1.82) is 0 Å². The molecular weight excluding hydrogens is 418 g/mol. The van der Waals surface area contributed by atoms with Gasteiger partial charge in [-0.1, -0.05) is 30.3 Å². The quantitative estimate of drug-likeness (QED) is 0.492. The van der Waals surface area contributed by atoms with Gasteiger partial charge >= 0.3 is 5.69 Å². The number of fused-ring (bicyclic) bond motifs is 1. The molecule has 160 valence electrons. The average molecular weight is 439 g/mol. The Hall–Kier alpha value is -3.21. The normalized spacial score (nSPS) is 16.1. The fraction of sp³-hybridized carbons (Fsp3) is 0.238. The first kappa shape index (κ1) is 19.7. The molecule has 0 spiro atoms. The smallest absolute Gasteiger partial charge is 0.323 e. The van der Waals surface area contributed by atoms with Crippen molar-refractivity contribution in [3.63, 3.8) is 0 Å². The Morgan fingerprint density at radius 3 is 2.48 bits per heavy atom. The molecule has 2 aromatic heterocycles. The van der Waals surface area contributed by atoms with Gasteiger partial charge in [-0.25, -0.2) is 18.2 Å². The number of benzene rings is 2. The fourth-order valence-electron chi connectivity index (χ4n) is 3.76. The predicted octanol–water partition coefficient (Wildman–Crippen LogP) is 2.02. The van der Waals surface area contributed by atoms with E-state index in [1.807, 2.05) is 30.3 Å². The van der Waals surface area contributed by atoms with Gasteiger partial charge in [0.1, 0.15) is 0 Å². The van der Waals surface area contributed by atoms with Crippen molar-refractivity contribution in [2.45, 2.75) is 11.4 Å². The number of nitrogens with zero attached hydrogens (tertiary/aromatic N) is 3.